The predicted octanol–water partition coefficient (Wildman–Crippen LogP) is 1.54. The molecule has 0 aliphatic heterocycles. The Labute approximate surface area is 98.0 Å². The third-order valence-electron chi connectivity index (χ3n) is 2.34. The predicted molar refractivity (Wildman–Crippen MR) is 57.6 cm³/mol. The Morgan fingerprint density at radius 1 is 1.65 bits per heavy atom. The topological polar surface area (TPSA) is 109 Å². The summed E-state index contributed by atoms with van der Waals surface area (Å²) in [5.41, 5.74) is 0.633. The lowest BCUT2D eigenvalue weighted by Crippen LogP contribution is -2.11. The van der Waals surface area contributed by atoms with Gasteiger partial charge in [-0.25, -0.2) is 0 Å². The molecule has 0 amide bonds. The lowest BCUT2D eigenvalue weighted by Gasteiger charge is -2.04. The van der Waals surface area contributed by atoms with Crippen LogP contribution in [0, 0.1) is 45.6 Å². The first-order valence-electron chi connectivity index (χ1n) is 5.04. The van der Waals surface area contributed by atoms with Crippen molar-refractivity contribution in [3.8, 4) is 12.1 Å². The van der Waals surface area contributed by atoms with E-state index in [-0.39, 0.29) is 18.3 Å². The summed E-state index contributed by atoms with van der Waals surface area (Å²) in [6.07, 6.45) is 0.737. The van der Waals surface area contributed by atoms with E-state index in [1.54, 1.807) is 6.92 Å². The van der Waals surface area contributed by atoms with E-state index < -0.39 is 4.92 Å². The van der Waals surface area contributed by atoms with Gasteiger partial charge in [-0.05, 0) is 18.3 Å². The van der Waals surface area contributed by atoms with E-state index in [9.17, 15) is 10.1 Å². The maximum Gasteiger partial charge on any atom is 0.390 e. The standard InChI is InChI=1S/C10H11N5O2/c1-8-5-10(15(16)17)13-14(8)7-9(6-12)3-2-4-11/h5,9H,2-3,7H2,1H3. The van der Waals surface area contributed by atoms with Crippen molar-refractivity contribution in [2.24, 2.45) is 5.92 Å². The van der Waals surface area contributed by atoms with Crippen LogP contribution in [0.2, 0.25) is 0 Å². The van der Waals surface area contributed by atoms with Gasteiger partial charge in [0.25, 0.3) is 0 Å². The summed E-state index contributed by atoms with van der Waals surface area (Å²) in [6.45, 7) is 1.97. The maximum atomic E-state index is 10.5. The molecule has 7 heteroatoms. The van der Waals surface area contributed by atoms with E-state index >= 15 is 0 Å². The summed E-state index contributed by atoms with van der Waals surface area (Å²) in [4.78, 5) is 9.95. The number of nitro groups is 1. The second-order valence-corrected chi connectivity index (χ2v) is 3.61. The van der Waals surface area contributed by atoms with Crippen molar-refractivity contribution in [3.05, 3.63) is 21.9 Å². The summed E-state index contributed by atoms with van der Waals surface area (Å²) in [5, 5.41) is 31.6. The first-order valence-corrected chi connectivity index (χ1v) is 5.04. The Balaban J connectivity index is 2.77. The van der Waals surface area contributed by atoms with Crippen molar-refractivity contribution in [3.63, 3.8) is 0 Å². The highest BCUT2D eigenvalue weighted by Crippen LogP contribution is 2.14. The van der Waals surface area contributed by atoms with Crippen molar-refractivity contribution in [2.75, 3.05) is 0 Å². The van der Waals surface area contributed by atoms with E-state index in [2.05, 4.69) is 11.2 Å². The van der Waals surface area contributed by atoms with Crippen LogP contribution in [0.25, 0.3) is 0 Å². The molecule has 1 atom stereocenters. The number of rotatable bonds is 5. The van der Waals surface area contributed by atoms with Gasteiger partial charge in [0.15, 0.2) is 0 Å². The Morgan fingerprint density at radius 3 is 2.82 bits per heavy atom. The Morgan fingerprint density at radius 2 is 2.35 bits per heavy atom. The molecule has 1 aromatic rings. The number of nitrogens with zero attached hydrogens (tertiary/aromatic N) is 5. The number of aromatic nitrogens is 2. The van der Waals surface area contributed by atoms with E-state index in [1.165, 1.54) is 10.7 Å². The molecule has 1 rings (SSSR count). The Kier molecular flexibility index (Phi) is 4.18. The molecule has 1 unspecified atom stereocenters. The van der Waals surface area contributed by atoms with Crippen molar-refractivity contribution in [1.82, 2.24) is 9.78 Å². The van der Waals surface area contributed by atoms with Crippen molar-refractivity contribution >= 4 is 5.82 Å². The molecule has 0 aliphatic carbocycles. The fourth-order valence-corrected chi connectivity index (χ4v) is 1.41. The molecular weight excluding hydrogens is 222 g/mol. The molecule has 1 heterocycles. The largest absolute Gasteiger partial charge is 0.390 e. The minimum atomic E-state index is -0.569. The summed E-state index contributed by atoms with van der Waals surface area (Å²) < 4.78 is 1.43. The van der Waals surface area contributed by atoms with Gasteiger partial charge in [0.1, 0.15) is 0 Å². The fraction of sp³-hybridized carbons (Fsp3) is 0.500. The summed E-state index contributed by atoms with van der Waals surface area (Å²) in [7, 11) is 0. The van der Waals surface area contributed by atoms with Gasteiger partial charge < -0.3 is 10.1 Å². The highest BCUT2D eigenvalue weighted by molar-refractivity contribution is 5.21. The van der Waals surface area contributed by atoms with E-state index in [0.29, 0.717) is 18.5 Å². The second kappa shape index (κ2) is 5.61. The quantitative estimate of drug-likeness (QED) is 0.566. The highest BCUT2D eigenvalue weighted by Gasteiger charge is 2.18. The van der Waals surface area contributed by atoms with Gasteiger partial charge in [-0.15, -0.1) is 0 Å². The number of hydrogen-bond donors (Lipinski definition) is 0. The first-order chi connectivity index (χ1) is 8.08. The molecule has 0 spiro atoms. The third kappa shape index (κ3) is 3.28. The van der Waals surface area contributed by atoms with E-state index in [0.717, 1.165) is 0 Å². The van der Waals surface area contributed by atoms with Crippen LogP contribution in [-0.2, 0) is 6.54 Å². The van der Waals surface area contributed by atoms with Crippen LogP contribution in [-0.4, -0.2) is 14.7 Å². The molecule has 0 aliphatic rings. The van der Waals surface area contributed by atoms with Crippen LogP contribution >= 0.6 is 0 Å². The van der Waals surface area contributed by atoms with Gasteiger partial charge in [0.2, 0.25) is 0 Å². The zero-order valence-electron chi connectivity index (χ0n) is 9.33. The molecule has 0 aromatic carbocycles. The van der Waals surface area contributed by atoms with Crippen molar-refractivity contribution in [2.45, 2.75) is 26.3 Å². The van der Waals surface area contributed by atoms with Gasteiger partial charge in [0.05, 0.1) is 41.5 Å². The third-order valence-corrected chi connectivity index (χ3v) is 2.34. The van der Waals surface area contributed by atoms with Crippen LogP contribution in [0.4, 0.5) is 5.82 Å². The minimum absolute atomic E-state index is 0.223. The molecule has 17 heavy (non-hydrogen) atoms. The van der Waals surface area contributed by atoms with Crippen molar-refractivity contribution < 1.29 is 4.92 Å². The van der Waals surface area contributed by atoms with Gasteiger partial charge in [-0.2, -0.15) is 15.2 Å². The zero-order chi connectivity index (χ0) is 12.8. The molecule has 0 fully saturated rings. The average molecular weight is 233 g/mol. The van der Waals surface area contributed by atoms with Crippen LogP contribution in [0.15, 0.2) is 6.07 Å². The molecule has 0 saturated carbocycles. The first kappa shape index (κ1) is 12.7. The van der Waals surface area contributed by atoms with E-state index in [1.807, 2.05) is 6.07 Å². The SMILES string of the molecule is Cc1cc([N+](=O)[O-])nn1CC(C#N)CCC#N. The smallest absolute Gasteiger partial charge is 0.358 e. The summed E-state index contributed by atoms with van der Waals surface area (Å²) >= 11 is 0. The van der Waals surface area contributed by atoms with Crippen LogP contribution in [0.1, 0.15) is 18.5 Å². The monoisotopic (exact) mass is 233 g/mol. The molecule has 7 nitrogen and oxygen atoms in total. The summed E-state index contributed by atoms with van der Waals surface area (Å²) in [6, 6.07) is 5.40. The molecule has 88 valence electrons. The van der Waals surface area contributed by atoms with E-state index in [4.69, 9.17) is 10.5 Å². The molecule has 0 saturated heterocycles. The molecule has 1 aromatic heterocycles. The molecule has 0 bridgehead atoms. The zero-order valence-corrected chi connectivity index (χ0v) is 9.33. The Hall–Kier alpha value is -2.41. The Bertz CT molecular complexity index is 494. The molecule has 0 radical (unpaired) electrons. The number of aryl methyl sites for hydroxylation is 1. The normalized spacial score (nSPS) is 11.5. The lowest BCUT2D eigenvalue weighted by molar-refractivity contribution is -0.389. The maximum absolute atomic E-state index is 10.5. The van der Waals surface area contributed by atoms with Gasteiger partial charge >= 0.3 is 5.82 Å². The second-order valence-electron chi connectivity index (χ2n) is 3.61. The fourth-order valence-electron chi connectivity index (χ4n) is 1.41. The molecule has 0 N–H and O–H groups in total. The van der Waals surface area contributed by atoms with Crippen LogP contribution in [0.5, 0.6) is 0 Å². The average Bonchev–Trinajstić information content (AvgIpc) is 2.66. The van der Waals surface area contributed by atoms with Gasteiger partial charge in [-0.1, -0.05) is 0 Å². The van der Waals surface area contributed by atoms with Gasteiger partial charge in [-0.3, -0.25) is 0 Å². The summed E-state index contributed by atoms with van der Waals surface area (Å²) in [5.74, 6) is -0.577. The highest BCUT2D eigenvalue weighted by atomic mass is 16.6. The van der Waals surface area contributed by atoms with Gasteiger partial charge in [0, 0.05) is 6.42 Å². The number of nitriles is 2. The minimum Gasteiger partial charge on any atom is -0.358 e. The van der Waals surface area contributed by atoms with Crippen LogP contribution in [0.3, 0.4) is 0 Å². The van der Waals surface area contributed by atoms with Crippen LogP contribution < -0.4 is 0 Å². The number of hydrogen-bond acceptors (Lipinski definition) is 5. The lowest BCUT2D eigenvalue weighted by atomic mass is 10.1. The van der Waals surface area contributed by atoms with Crippen molar-refractivity contribution in [1.29, 1.82) is 10.5 Å². The molecular formula is C10H11N5O2.